The van der Waals surface area contributed by atoms with Crippen molar-refractivity contribution in [2.75, 3.05) is 0 Å². The van der Waals surface area contributed by atoms with Crippen LogP contribution in [0, 0.1) is 17.3 Å². The fraction of sp³-hybridized carbons (Fsp3) is 0.667. The topological polar surface area (TPSA) is 17.1 Å². The van der Waals surface area contributed by atoms with Gasteiger partial charge in [0.1, 0.15) is 0 Å². The highest BCUT2D eigenvalue weighted by Gasteiger charge is 2.32. The van der Waals surface area contributed by atoms with E-state index in [1.165, 1.54) is 18.4 Å². The van der Waals surface area contributed by atoms with Crippen molar-refractivity contribution in [2.24, 2.45) is 17.3 Å². The maximum Gasteiger partial charge on any atom is 0.158 e. The van der Waals surface area contributed by atoms with Crippen LogP contribution in [0.2, 0.25) is 0 Å². The molecule has 0 aliphatic heterocycles. The summed E-state index contributed by atoms with van der Waals surface area (Å²) in [5.74, 6) is 1.14. The van der Waals surface area contributed by atoms with Gasteiger partial charge in [-0.3, -0.25) is 4.79 Å². The van der Waals surface area contributed by atoms with Crippen molar-refractivity contribution in [3.05, 3.63) is 23.8 Å². The summed E-state index contributed by atoms with van der Waals surface area (Å²) in [5, 5.41) is 0. The van der Waals surface area contributed by atoms with Crippen molar-refractivity contribution in [1.82, 2.24) is 0 Å². The lowest BCUT2D eigenvalue weighted by Crippen LogP contribution is -2.26. The highest BCUT2D eigenvalue weighted by atomic mass is 16.1. The zero-order valence-corrected chi connectivity index (χ0v) is 10.6. The second kappa shape index (κ2) is 4.20. The van der Waals surface area contributed by atoms with Crippen LogP contribution in [0.4, 0.5) is 0 Å². The van der Waals surface area contributed by atoms with E-state index in [9.17, 15) is 4.79 Å². The fourth-order valence-electron chi connectivity index (χ4n) is 2.68. The van der Waals surface area contributed by atoms with Crippen LogP contribution < -0.4 is 0 Å². The van der Waals surface area contributed by atoms with Crippen LogP contribution >= 0.6 is 0 Å². The highest BCUT2D eigenvalue weighted by Crippen LogP contribution is 2.41. The first-order valence-electron chi connectivity index (χ1n) is 6.39. The van der Waals surface area contributed by atoms with E-state index in [2.05, 4.69) is 32.9 Å². The van der Waals surface area contributed by atoms with Gasteiger partial charge in [-0.1, -0.05) is 31.6 Å². The van der Waals surface area contributed by atoms with Gasteiger partial charge in [-0.15, -0.1) is 0 Å². The Bertz CT molecular complexity index is 342. The summed E-state index contributed by atoms with van der Waals surface area (Å²) in [6.45, 7) is 6.80. The minimum absolute atomic E-state index is 0.305. The molecular formula is C15H22O. The van der Waals surface area contributed by atoms with Gasteiger partial charge in [0.15, 0.2) is 5.78 Å². The van der Waals surface area contributed by atoms with Crippen molar-refractivity contribution in [2.45, 2.75) is 46.5 Å². The Hall–Kier alpha value is -0.850. The van der Waals surface area contributed by atoms with Crippen molar-refractivity contribution in [3.63, 3.8) is 0 Å². The lowest BCUT2D eigenvalue weighted by Gasteiger charge is -2.36. The number of carbonyl (C=O) groups excluding carboxylic acids is 1. The van der Waals surface area contributed by atoms with Crippen LogP contribution in [-0.2, 0) is 4.79 Å². The molecule has 0 aromatic heterocycles. The summed E-state index contributed by atoms with van der Waals surface area (Å²) < 4.78 is 0. The summed E-state index contributed by atoms with van der Waals surface area (Å²) in [6.07, 6.45) is 10.9. The second-order valence-corrected chi connectivity index (χ2v) is 5.99. The summed E-state index contributed by atoms with van der Waals surface area (Å²) >= 11 is 0. The van der Waals surface area contributed by atoms with E-state index < -0.39 is 0 Å². The lowest BCUT2D eigenvalue weighted by molar-refractivity contribution is -0.115. The Morgan fingerprint density at radius 3 is 2.69 bits per heavy atom. The molecule has 16 heavy (non-hydrogen) atoms. The van der Waals surface area contributed by atoms with E-state index in [-0.39, 0.29) is 0 Å². The summed E-state index contributed by atoms with van der Waals surface area (Å²) in [4.78, 5) is 11.7. The molecule has 2 rings (SSSR count). The highest BCUT2D eigenvalue weighted by molar-refractivity contribution is 5.93. The molecule has 0 saturated heterocycles. The molecule has 0 aromatic rings. The number of carbonyl (C=O) groups is 1. The van der Waals surface area contributed by atoms with Gasteiger partial charge in [0.05, 0.1) is 0 Å². The molecule has 88 valence electrons. The first kappa shape index (κ1) is 11.6. The SMILES string of the molecule is CC1=CCCC(C)(C)C1/C=C/C(=O)C1CC1. The number of hydrogen-bond donors (Lipinski definition) is 0. The van der Waals surface area contributed by atoms with Crippen molar-refractivity contribution >= 4 is 5.78 Å². The lowest BCUT2D eigenvalue weighted by atomic mass is 9.68. The van der Waals surface area contributed by atoms with E-state index >= 15 is 0 Å². The summed E-state index contributed by atoms with van der Waals surface area (Å²) in [7, 11) is 0. The van der Waals surface area contributed by atoms with E-state index in [1.54, 1.807) is 0 Å². The van der Waals surface area contributed by atoms with E-state index in [0.29, 0.717) is 23.0 Å². The maximum atomic E-state index is 11.7. The van der Waals surface area contributed by atoms with Gasteiger partial charge in [-0.2, -0.15) is 0 Å². The third kappa shape index (κ3) is 2.45. The van der Waals surface area contributed by atoms with Gasteiger partial charge in [0.2, 0.25) is 0 Å². The molecule has 0 spiro atoms. The summed E-state index contributed by atoms with van der Waals surface area (Å²) in [5.41, 5.74) is 1.73. The Kier molecular flexibility index (Phi) is 3.05. The molecule has 0 N–H and O–H groups in total. The molecule has 2 aliphatic rings. The molecule has 0 aromatic carbocycles. The number of ketones is 1. The van der Waals surface area contributed by atoms with Crippen LogP contribution in [0.1, 0.15) is 46.5 Å². The molecule has 0 heterocycles. The molecule has 1 heteroatoms. The predicted molar refractivity (Wildman–Crippen MR) is 67.1 cm³/mol. The zero-order valence-electron chi connectivity index (χ0n) is 10.6. The third-order valence-corrected chi connectivity index (χ3v) is 4.02. The van der Waals surface area contributed by atoms with Crippen LogP contribution in [0.15, 0.2) is 23.8 Å². The molecule has 1 saturated carbocycles. The molecule has 0 radical (unpaired) electrons. The van der Waals surface area contributed by atoms with Crippen molar-refractivity contribution < 1.29 is 4.79 Å². The first-order chi connectivity index (χ1) is 7.50. The predicted octanol–water partition coefficient (Wildman–Crippen LogP) is 3.90. The number of allylic oxidation sites excluding steroid dienone is 4. The monoisotopic (exact) mass is 218 g/mol. The van der Waals surface area contributed by atoms with E-state index in [0.717, 1.165) is 12.8 Å². The standard InChI is InChI=1S/C15H22O/c1-11-5-4-10-15(2,3)13(11)8-9-14(16)12-6-7-12/h5,8-9,12-13H,4,6-7,10H2,1-3H3/b9-8+. The Labute approximate surface area is 98.6 Å². The molecule has 1 unspecified atom stereocenters. The largest absolute Gasteiger partial charge is 0.295 e. The third-order valence-electron chi connectivity index (χ3n) is 4.02. The Balaban J connectivity index is 2.08. The van der Waals surface area contributed by atoms with Crippen molar-refractivity contribution in [3.8, 4) is 0 Å². The fourth-order valence-corrected chi connectivity index (χ4v) is 2.68. The molecule has 0 amide bonds. The van der Waals surface area contributed by atoms with Gasteiger partial charge >= 0.3 is 0 Å². The normalized spacial score (nSPS) is 29.2. The van der Waals surface area contributed by atoms with E-state index in [4.69, 9.17) is 0 Å². The zero-order chi connectivity index (χ0) is 11.8. The van der Waals surface area contributed by atoms with Gasteiger partial charge in [-0.25, -0.2) is 0 Å². The first-order valence-corrected chi connectivity index (χ1v) is 6.39. The van der Waals surface area contributed by atoms with Gasteiger partial charge in [0.25, 0.3) is 0 Å². The van der Waals surface area contributed by atoms with Crippen LogP contribution in [-0.4, -0.2) is 5.78 Å². The molecule has 1 fully saturated rings. The quantitative estimate of drug-likeness (QED) is 0.518. The molecule has 1 nitrogen and oxygen atoms in total. The Morgan fingerprint density at radius 1 is 1.44 bits per heavy atom. The summed E-state index contributed by atoms with van der Waals surface area (Å²) in [6, 6.07) is 0. The number of hydrogen-bond acceptors (Lipinski definition) is 1. The Morgan fingerprint density at radius 2 is 2.12 bits per heavy atom. The van der Waals surface area contributed by atoms with Crippen LogP contribution in [0.3, 0.4) is 0 Å². The smallest absolute Gasteiger partial charge is 0.158 e. The molecule has 1 atom stereocenters. The van der Waals surface area contributed by atoms with Crippen LogP contribution in [0.5, 0.6) is 0 Å². The number of rotatable bonds is 3. The minimum Gasteiger partial charge on any atom is -0.295 e. The van der Waals surface area contributed by atoms with Gasteiger partial charge in [0, 0.05) is 11.8 Å². The average Bonchev–Trinajstić information content (AvgIpc) is 2.98. The molecular weight excluding hydrogens is 196 g/mol. The average molecular weight is 218 g/mol. The molecule has 0 bridgehead atoms. The molecule has 2 aliphatic carbocycles. The van der Waals surface area contributed by atoms with Crippen molar-refractivity contribution in [1.29, 1.82) is 0 Å². The van der Waals surface area contributed by atoms with Gasteiger partial charge in [-0.05, 0) is 44.1 Å². The van der Waals surface area contributed by atoms with Gasteiger partial charge < -0.3 is 0 Å². The minimum atomic E-state index is 0.305. The van der Waals surface area contributed by atoms with Crippen LogP contribution in [0.25, 0.3) is 0 Å². The second-order valence-electron chi connectivity index (χ2n) is 5.99. The maximum absolute atomic E-state index is 11.7. The van der Waals surface area contributed by atoms with E-state index in [1.807, 2.05) is 6.08 Å².